The highest BCUT2D eigenvalue weighted by atomic mass is 16.2. The first-order valence-corrected chi connectivity index (χ1v) is 5.28. The van der Waals surface area contributed by atoms with E-state index in [1.54, 1.807) is 6.08 Å². The number of rotatable bonds is 1. The molecule has 1 heterocycles. The third-order valence-corrected chi connectivity index (χ3v) is 3.03. The molecule has 0 bridgehead atoms. The molecule has 2 atom stereocenters. The Balaban J connectivity index is 2.33. The van der Waals surface area contributed by atoms with Crippen LogP contribution in [0.15, 0.2) is 24.3 Å². The van der Waals surface area contributed by atoms with Gasteiger partial charge in [0, 0.05) is 5.57 Å². The predicted molar refractivity (Wildman–Crippen MR) is 57.0 cm³/mol. The van der Waals surface area contributed by atoms with E-state index in [4.69, 9.17) is 0 Å². The van der Waals surface area contributed by atoms with Crippen LogP contribution in [-0.4, -0.2) is 22.6 Å². The summed E-state index contributed by atoms with van der Waals surface area (Å²) >= 11 is 0. The number of carbonyl (C=O) groups excluding carboxylic acids is 3. The molecule has 0 N–H and O–H groups in total. The maximum Gasteiger partial charge on any atom is 0.262 e. The van der Waals surface area contributed by atoms with Gasteiger partial charge in [-0.25, -0.2) is 4.90 Å². The molecule has 2 aliphatic rings. The third kappa shape index (κ3) is 1.41. The lowest BCUT2D eigenvalue weighted by Crippen LogP contribution is -2.37. The number of likely N-dealkylation sites (tertiary alicyclic amines) is 1. The molecule has 4 heteroatoms. The van der Waals surface area contributed by atoms with Crippen molar-refractivity contribution in [2.45, 2.75) is 19.8 Å². The fourth-order valence-electron chi connectivity index (χ4n) is 2.18. The molecule has 4 nitrogen and oxygen atoms in total. The van der Waals surface area contributed by atoms with Gasteiger partial charge in [-0.1, -0.05) is 18.7 Å². The first kappa shape index (κ1) is 10.8. The Bertz CT molecular complexity index is 422. The Hall–Kier alpha value is -1.71. The Morgan fingerprint density at radius 2 is 2.12 bits per heavy atom. The third-order valence-electron chi connectivity index (χ3n) is 3.03. The second-order valence-corrected chi connectivity index (χ2v) is 4.24. The number of hydrogen-bond donors (Lipinski definition) is 0. The van der Waals surface area contributed by atoms with Crippen molar-refractivity contribution in [2.24, 2.45) is 11.8 Å². The van der Waals surface area contributed by atoms with E-state index in [-0.39, 0.29) is 17.4 Å². The van der Waals surface area contributed by atoms with Crippen LogP contribution in [0.1, 0.15) is 19.8 Å². The minimum absolute atomic E-state index is 0.212. The van der Waals surface area contributed by atoms with Crippen LogP contribution in [0.25, 0.3) is 0 Å². The lowest BCUT2D eigenvalue weighted by atomic mass is 9.86. The molecule has 3 amide bonds. The van der Waals surface area contributed by atoms with Gasteiger partial charge >= 0.3 is 0 Å². The zero-order valence-electron chi connectivity index (χ0n) is 9.10. The van der Waals surface area contributed by atoms with E-state index in [0.29, 0.717) is 6.42 Å². The average molecular weight is 219 g/mol. The quantitative estimate of drug-likeness (QED) is 0.376. The van der Waals surface area contributed by atoms with Crippen LogP contribution >= 0.6 is 0 Å². The van der Waals surface area contributed by atoms with Crippen molar-refractivity contribution in [1.82, 2.24) is 4.90 Å². The summed E-state index contributed by atoms with van der Waals surface area (Å²) in [4.78, 5) is 36.2. The number of fused-ring (bicyclic) bond motifs is 1. The van der Waals surface area contributed by atoms with Crippen molar-refractivity contribution in [3.05, 3.63) is 24.3 Å². The molecule has 84 valence electrons. The SMILES string of the molecule is C=C(C)C(=O)N1C(=O)C2C=CCCC2C1=O. The highest BCUT2D eigenvalue weighted by molar-refractivity contribution is 6.21. The Morgan fingerprint density at radius 1 is 1.44 bits per heavy atom. The van der Waals surface area contributed by atoms with Crippen molar-refractivity contribution in [3.63, 3.8) is 0 Å². The molecule has 0 aromatic rings. The topological polar surface area (TPSA) is 54.5 Å². The highest BCUT2D eigenvalue weighted by Gasteiger charge is 2.49. The lowest BCUT2D eigenvalue weighted by molar-refractivity contribution is -0.148. The second kappa shape index (κ2) is 3.70. The van der Waals surface area contributed by atoms with Crippen molar-refractivity contribution in [1.29, 1.82) is 0 Å². The fourth-order valence-corrected chi connectivity index (χ4v) is 2.18. The fraction of sp³-hybridized carbons (Fsp3) is 0.417. The zero-order chi connectivity index (χ0) is 11.9. The minimum atomic E-state index is -0.571. The van der Waals surface area contributed by atoms with Gasteiger partial charge in [0.2, 0.25) is 11.8 Å². The maximum absolute atomic E-state index is 11.9. The molecule has 1 fully saturated rings. The summed E-state index contributed by atoms with van der Waals surface area (Å²) in [5.74, 6) is -2.13. The van der Waals surface area contributed by atoms with E-state index in [1.165, 1.54) is 6.92 Å². The van der Waals surface area contributed by atoms with Gasteiger partial charge in [0.15, 0.2) is 0 Å². The van der Waals surface area contributed by atoms with Gasteiger partial charge in [-0.3, -0.25) is 14.4 Å². The smallest absolute Gasteiger partial charge is 0.262 e. The largest absolute Gasteiger partial charge is 0.274 e. The van der Waals surface area contributed by atoms with Gasteiger partial charge in [-0.2, -0.15) is 0 Å². The lowest BCUT2D eigenvalue weighted by Gasteiger charge is -2.14. The summed E-state index contributed by atoms with van der Waals surface area (Å²) in [6, 6.07) is 0. The van der Waals surface area contributed by atoms with Gasteiger partial charge in [0.1, 0.15) is 0 Å². The standard InChI is InChI=1S/C12H13NO3/c1-7(2)10(14)13-11(15)8-5-3-4-6-9(8)12(13)16/h3,5,8-9H,1,4,6H2,2H3. The van der Waals surface area contributed by atoms with Gasteiger partial charge in [-0.15, -0.1) is 0 Å². The van der Waals surface area contributed by atoms with E-state index >= 15 is 0 Å². The molecule has 2 rings (SSSR count). The summed E-state index contributed by atoms with van der Waals surface area (Å²) in [6.45, 7) is 4.97. The summed E-state index contributed by atoms with van der Waals surface area (Å²) in [6.07, 6.45) is 5.06. The van der Waals surface area contributed by atoms with Crippen LogP contribution in [0.2, 0.25) is 0 Å². The van der Waals surface area contributed by atoms with E-state index in [9.17, 15) is 14.4 Å². The van der Waals surface area contributed by atoms with Crippen LogP contribution in [0.3, 0.4) is 0 Å². The first-order chi connectivity index (χ1) is 7.54. The Labute approximate surface area is 93.6 Å². The predicted octanol–water partition coefficient (Wildman–Crippen LogP) is 1.04. The Morgan fingerprint density at radius 3 is 2.69 bits per heavy atom. The second-order valence-electron chi connectivity index (χ2n) is 4.24. The molecule has 16 heavy (non-hydrogen) atoms. The maximum atomic E-state index is 11.9. The van der Waals surface area contributed by atoms with Crippen LogP contribution in [0.4, 0.5) is 0 Å². The number of carbonyl (C=O) groups is 3. The van der Waals surface area contributed by atoms with Crippen molar-refractivity contribution in [3.8, 4) is 0 Å². The normalized spacial score (nSPS) is 28.2. The average Bonchev–Trinajstić information content (AvgIpc) is 2.52. The molecule has 2 unspecified atom stereocenters. The molecule has 1 saturated heterocycles. The van der Waals surface area contributed by atoms with Crippen molar-refractivity contribution < 1.29 is 14.4 Å². The summed E-state index contributed by atoms with van der Waals surface area (Å²) < 4.78 is 0. The Kier molecular flexibility index (Phi) is 2.50. The van der Waals surface area contributed by atoms with Gasteiger partial charge in [0.05, 0.1) is 11.8 Å². The van der Waals surface area contributed by atoms with Crippen molar-refractivity contribution in [2.75, 3.05) is 0 Å². The first-order valence-electron chi connectivity index (χ1n) is 5.28. The molecular formula is C12H13NO3. The molecule has 0 saturated carbocycles. The number of allylic oxidation sites excluding steroid dienone is 1. The monoisotopic (exact) mass is 219 g/mol. The number of amides is 3. The van der Waals surface area contributed by atoms with Gasteiger partial charge < -0.3 is 0 Å². The molecule has 1 aliphatic heterocycles. The summed E-state index contributed by atoms with van der Waals surface area (Å²) in [7, 11) is 0. The van der Waals surface area contributed by atoms with Crippen LogP contribution < -0.4 is 0 Å². The molecule has 0 radical (unpaired) electrons. The molecule has 0 aromatic heterocycles. The van der Waals surface area contributed by atoms with Crippen LogP contribution in [0.5, 0.6) is 0 Å². The summed E-state index contributed by atoms with van der Waals surface area (Å²) in [5.41, 5.74) is 0.212. The van der Waals surface area contributed by atoms with Gasteiger partial charge in [-0.05, 0) is 19.8 Å². The van der Waals surface area contributed by atoms with Crippen LogP contribution in [0, 0.1) is 11.8 Å². The van der Waals surface area contributed by atoms with E-state index in [1.807, 2.05) is 6.08 Å². The highest BCUT2D eigenvalue weighted by Crippen LogP contribution is 2.34. The number of nitrogens with zero attached hydrogens (tertiary/aromatic N) is 1. The molecule has 1 aliphatic carbocycles. The molecule has 0 aromatic carbocycles. The minimum Gasteiger partial charge on any atom is -0.274 e. The number of hydrogen-bond acceptors (Lipinski definition) is 3. The number of imide groups is 3. The van der Waals surface area contributed by atoms with E-state index < -0.39 is 17.7 Å². The zero-order valence-corrected chi connectivity index (χ0v) is 9.10. The molecular weight excluding hydrogens is 206 g/mol. The molecule has 0 spiro atoms. The summed E-state index contributed by atoms with van der Waals surface area (Å²) in [5, 5.41) is 0. The van der Waals surface area contributed by atoms with E-state index in [2.05, 4.69) is 6.58 Å². The van der Waals surface area contributed by atoms with E-state index in [0.717, 1.165) is 11.3 Å². The van der Waals surface area contributed by atoms with Crippen molar-refractivity contribution >= 4 is 17.7 Å². The van der Waals surface area contributed by atoms with Crippen LogP contribution in [-0.2, 0) is 14.4 Å². The van der Waals surface area contributed by atoms with Gasteiger partial charge in [0.25, 0.3) is 5.91 Å².